The van der Waals surface area contributed by atoms with Crippen molar-refractivity contribution in [3.8, 4) is 11.1 Å². The van der Waals surface area contributed by atoms with Gasteiger partial charge < -0.3 is 14.7 Å². The zero-order valence-electron chi connectivity index (χ0n) is 55.6. The van der Waals surface area contributed by atoms with Crippen LogP contribution in [0.25, 0.3) is 11.1 Å². The summed E-state index contributed by atoms with van der Waals surface area (Å²) in [6, 6.07) is 57.8. The summed E-state index contributed by atoms with van der Waals surface area (Å²) in [5, 5.41) is 0. The molecule has 2 atom stereocenters. The van der Waals surface area contributed by atoms with Gasteiger partial charge in [-0.3, -0.25) is 0 Å². The van der Waals surface area contributed by atoms with Gasteiger partial charge in [-0.25, -0.2) is 0 Å². The van der Waals surface area contributed by atoms with Crippen molar-refractivity contribution in [2.75, 3.05) is 14.7 Å². The molecular formula is C83H92BN3. The van der Waals surface area contributed by atoms with Gasteiger partial charge in [-0.05, 0) is 216 Å². The lowest BCUT2D eigenvalue weighted by Gasteiger charge is -2.52. The summed E-state index contributed by atoms with van der Waals surface area (Å²) >= 11 is 0. The van der Waals surface area contributed by atoms with Crippen molar-refractivity contribution in [3.05, 3.63) is 206 Å². The third kappa shape index (κ3) is 7.37. The van der Waals surface area contributed by atoms with Gasteiger partial charge in [0.2, 0.25) is 0 Å². The first-order valence-electron chi connectivity index (χ1n) is 33.5. The lowest BCUT2D eigenvalue weighted by atomic mass is 9.32. The molecule has 8 aliphatic rings. The topological polar surface area (TPSA) is 9.72 Å². The van der Waals surface area contributed by atoms with Crippen LogP contribution in [0.5, 0.6) is 0 Å². The molecule has 4 heteroatoms. The SMILES string of the molecule is CC(C)(C)c1ccc2c(c1)C1(C)CCCCC1(C)N2c1cc2c3c(c1)N(c1cccc4c1-c1ccccc1C4)c1cc4c(cc1B3c1cc3c(cc1N2c1ccc2c(c1)C(C)(C)CCC2(C)C)C(C)(C)CCC3(C)C)C(C)(C)c1ccccc1C4(C)C. The van der Waals surface area contributed by atoms with E-state index in [2.05, 4.69) is 272 Å². The number of hydrogen-bond donors (Lipinski definition) is 0. The Bertz CT molecular complexity index is 4320. The molecule has 3 nitrogen and oxygen atoms in total. The summed E-state index contributed by atoms with van der Waals surface area (Å²) in [6.07, 6.45) is 10.4. The van der Waals surface area contributed by atoms with E-state index in [1.807, 2.05) is 0 Å². The Morgan fingerprint density at radius 2 is 0.920 bits per heavy atom. The maximum atomic E-state index is 2.90. The van der Waals surface area contributed by atoms with Gasteiger partial charge in [0, 0.05) is 61.6 Å². The molecule has 442 valence electrons. The van der Waals surface area contributed by atoms with E-state index in [-0.39, 0.29) is 55.6 Å². The van der Waals surface area contributed by atoms with E-state index in [4.69, 9.17) is 0 Å². The molecule has 87 heavy (non-hydrogen) atoms. The number of anilines is 8. The summed E-state index contributed by atoms with van der Waals surface area (Å²) in [4.78, 5) is 8.55. The summed E-state index contributed by atoms with van der Waals surface area (Å²) < 4.78 is 0. The molecule has 0 radical (unpaired) electrons. The molecule has 0 bridgehead atoms. The average molecular weight is 1140 g/mol. The first-order valence-corrected chi connectivity index (χ1v) is 33.5. The Balaban J connectivity index is 1.08. The van der Waals surface area contributed by atoms with Crippen LogP contribution >= 0.6 is 0 Å². The van der Waals surface area contributed by atoms with Crippen LogP contribution in [0, 0.1) is 0 Å². The molecule has 3 aliphatic heterocycles. The lowest BCUT2D eigenvalue weighted by Crippen LogP contribution is -2.62. The van der Waals surface area contributed by atoms with E-state index >= 15 is 0 Å². The smallest absolute Gasteiger partial charge is 0.252 e. The van der Waals surface area contributed by atoms with Crippen molar-refractivity contribution in [2.45, 2.75) is 224 Å². The van der Waals surface area contributed by atoms with Crippen molar-refractivity contribution >= 4 is 68.6 Å². The minimum absolute atomic E-state index is 0.000766. The number of benzene rings is 8. The van der Waals surface area contributed by atoms with Gasteiger partial charge in [-0.2, -0.15) is 0 Å². The van der Waals surface area contributed by atoms with E-state index < -0.39 is 0 Å². The van der Waals surface area contributed by atoms with E-state index in [9.17, 15) is 0 Å². The Labute approximate surface area is 522 Å². The second-order valence-corrected chi connectivity index (χ2v) is 33.8. The van der Waals surface area contributed by atoms with Gasteiger partial charge >= 0.3 is 0 Å². The predicted molar refractivity (Wildman–Crippen MR) is 371 cm³/mol. The highest BCUT2D eigenvalue weighted by atomic mass is 15.3. The maximum absolute atomic E-state index is 2.90. The molecular weight excluding hydrogens is 1050 g/mol. The number of rotatable bonds is 3. The minimum atomic E-state index is -0.253. The fourth-order valence-corrected chi connectivity index (χ4v) is 19.3. The van der Waals surface area contributed by atoms with Gasteiger partial charge in [-0.15, -0.1) is 0 Å². The van der Waals surface area contributed by atoms with Gasteiger partial charge in [0.25, 0.3) is 6.71 Å². The highest BCUT2D eigenvalue weighted by Crippen LogP contribution is 2.64. The van der Waals surface area contributed by atoms with Crippen molar-refractivity contribution in [1.29, 1.82) is 0 Å². The second kappa shape index (κ2) is 17.5. The van der Waals surface area contributed by atoms with Gasteiger partial charge in [-0.1, -0.05) is 215 Å². The van der Waals surface area contributed by atoms with Gasteiger partial charge in [0.1, 0.15) is 0 Å². The third-order valence-electron chi connectivity index (χ3n) is 25.1. The van der Waals surface area contributed by atoms with Crippen LogP contribution in [0.15, 0.2) is 140 Å². The van der Waals surface area contributed by atoms with Crippen molar-refractivity contribution in [3.63, 3.8) is 0 Å². The Kier molecular flexibility index (Phi) is 11.2. The monoisotopic (exact) mass is 1140 g/mol. The number of fused-ring (bicyclic) bond motifs is 14. The highest BCUT2D eigenvalue weighted by molar-refractivity contribution is 7.00. The molecule has 1 fully saturated rings. The molecule has 3 heterocycles. The van der Waals surface area contributed by atoms with Crippen LogP contribution in [0.3, 0.4) is 0 Å². The molecule has 0 amide bonds. The predicted octanol–water partition coefficient (Wildman–Crippen LogP) is 20.0. The minimum Gasteiger partial charge on any atom is -0.334 e. The molecule has 5 aliphatic carbocycles. The standard InChI is InChI=1S/C83H92BN3/c1-75(2,3)52-31-34-67-64(42-52)82(16)35-22-23-36-83(82,17)87(67)54-44-71-74-72(45-54)86(68-30-24-26-51-41-50-25-18-19-27-55(50)73(51)68)70-49-63-62(80(12,13)57-28-20-21-29-58(57)81(63,14)15)47-66(70)84(74)65-46-60-61(79(10,11)40-39-78(60,8)9)48-69(65)85(71)53-32-33-56-59(43-53)77(6,7)38-37-76(56,4)5/h18-21,24-34,42-49H,22-23,35-41H2,1-17H3. The average Bonchev–Trinajstić information content (AvgIpc) is 1.58. The molecule has 0 N–H and O–H groups in total. The van der Waals surface area contributed by atoms with Gasteiger partial charge in [0.15, 0.2) is 0 Å². The quantitative estimate of drug-likeness (QED) is 0.163. The van der Waals surface area contributed by atoms with Crippen LogP contribution in [0.4, 0.5) is 45.5 Å². The zero-order valence-corrected chi connectivity index (χ0v) is 55.6. The van der Waals surface area contributed by atoms with Crippen LogP contribution in [0.2, 0.25) is 0 Å². The van der Waals surface area contributed by atoms with Crippen LogP contribution in [-0.2, 0) is 49.7 Å². The Morgan fingerprint density at radius 1 is 0.379 bits per heavy atom. The van der Waals surface area contributed by atoms with Crippen LogP contribution in [-0.4, -0.2) is 12.3 Å². The van der Waals surface area contributed by atoms with E-state index in [0.717, 1.165) is 32.1 Å². The highest BCUT2D eigenvalue weighted by Gasteiger charge is 2.59. The Morgan fingerprint density at radius 3 is 1.59 bits per heavy atom. The van der Waals surface area contributed by atoms with Crippen molar-refractivity contribution < 1.29 is 0 Å². The van der Waals surface area contributed by atoms with Crippen LogP contribution in [0.1, 0.15) is 236 Å². The molecule has 0 aromatic heterocycles. The maximum Gasteiger partial charge on any atom is 0.252 e. The molecule has 8 aromatic carbocycles. The lowest BCUT2D eigenvalue weighted by molar-refractivity contribution is 0.195. The number of nitrogens with zero attached hydrogens (tertiary/aromatic N) is 3. The molecule has 8 aromatic rings. The fraction of sp³-hybridized carbons (Fsp3) is 0.422. The van der Waals surface area contributed by atoms with Crippen LogP contribution < -0.4 is 31.1 Å². The number of hydrogen-bond acceptors (Lipinski definition) is 3. The first-order chi connectivity index (χ1) is 41.0. The normalized spacial score (nSPS) is 23.6. The van der Waals surface area contributed by atoms with Crippen molar-refractivity contribution in [1.82, 2.24) is 0 Å². The largest absolute Gasteiger partial charge is 0.334 e. The van der Waals surface area contributed by atoms with E-state index in [1.165, 1.54) is 165 Å². The summed E-state index contributed by atoms with van der Waals surface area (Å²) in [7, 11) is 0. The zero-order chi connectivity index (χ0) is 60.9. The second-order valence-electron chi connectivity index (χ2n) is 33.8. The fourth-order valence-electron chi connectivity index (χ4n) is 19.3. The van der Waals surface area contributed by atoms with Gasteiger partial charge in [0.05, 0.1) is 11.2 Å². The van der Waals surface area contributed by atoms with E-state index in [0.29, 0.717) is 0 Å². The van der Waals surface area contributed by atoms with E-state index in [1.54, 1.807) is 0 Å². The Hall–Kier alpha value is -6.78. The summed E-state index contributed by atoms with van der Waals surface area (Å²) in [6.45, 7) is 42.6. The van der Waals surface area contributed by atoms with Crippen molar-refractivity contribution in [2.24, 2.45) is 0 Å². The summed E-state index contributed by atoms with van der Waals surface area (Å²) in [5.41, 5.74) is 34.5. The molecule has 0 spiro atoms. The molecule has 16 rings (SSSR count). The molecule has 0 saturated heterocycles. The molecule has 2 unspecified atom stereocenters. The first kappa shape index (κ1) is 55.5. The third-order valence-corrected chi connectivity index (χ3v) is 25.1. The molecule has 1 saturated carbocycles. The summed E-state index contributed by atoms with van der Waals surface area (Å²) in [5.74, 6) is 0.